The third kappa shape index (κ3) is 5.61. The van der Waals surface area contributed by atoms with Gasteiger partial charge < -0.3 is 15.4 Å². The number of nitriles is 1. The largest absolute Gasteiger partial charge is 0.444 e. The van der Waals surface area contributed by atoms with Gasteiger partial charge in [-0.2, -0.15) is 5.26 Å². The SMILES string of the molecule is CC(C)(C)OC(=O)N[C@H]1CCC[C@H](Nc2ccc(C#N)cc2Cl)C1. The van der Waals surface area contributed by atoms with Gasteiger partial charge in [0.15, 0.2) is 0 Å². The Morgan fingerprint density at radius 3 is 2.67 bits per heavy atom. The maximum atomic E-state index is 11.9. The topological polar surface area (TPSA) is 74.2 Å². The molecule has 6 heteroatoms. The van der Waals surface area contributed by atoms with Crippen LogP contribution in [0.2, 0.25) is 5.02 Å². The molecule has 130 valence electrons. The molecule has 2 atom stereocenters. The molecule has 2 N–H and O–H groups in total. The molecule has 0 heterocycles. The molecule has 2 rings (SSSR count). The van der Waals surface area contributed by atoms with Crippen molar-refractivity contribution in [1.29, 1.82) is 5.26 Å². The van der Waals surface area contributed by atoms with Gasteiger partial charge in [0.2, 0.25) is 0 Å². The van der Waals surface area contributed by atoms with Crippen molar-refractivity contribution < 1.29 is 9.53 Å². The van der Waals surface area contributed by atoms with E-state index in [1.807, 2.05) is 26.8 Å². The zero-order valence-corrected chi connectivity index (χ0v) is 15.1. The Kier molecular flexibility index (Phi) is 5.95. The van der Waals surface area contributed by atoms with Gasteiger partial charge in [-0.15, -0.1) is 0 Å². The van der Waals surface area contributed by atoms with Gasteiger partial charge in [0.05, 0.1) is 22.3 Å². The molecule has 0 saturated heterocycles. The molecule has 0 bridgehead atoms. The molecule has 1 aliphatic carbocycles. The minimum atomic E-state index is -0.494. The number of carbonyl (C=O) groups excluding carboxylic acids is 1. The van der Waals surface area contributed by atoms with Crippen molar-refractivity contribution in [2.45, 2.75) is 64.1 Å². The predicted molar refractivity (Wildman–Crippen MR) is 95.2 cm³/mol. The van der Waals surface area contributed by atoms with Crippen LogP contribution in [-0.4, -0.2) is 23.8 Å². The Morgan fingerprint density at radius 1 is 1.33 bits per heavy atom. The second kappa shape index (κ2) is 7.76. The van der Waals surface area contributed by atoms with E-state index in [0.29, 0.717) is 10.6 Å². The summed E-state index contributed by atoms with van der Waals surface area (Å²) in [5.74, 6) is 0. The molecule has 24 heavy (non-hydrogen) atoms. The molecule has 0 aliphatic heterocycles. The number of carbonyl (C=O) groups is 1. The lowest BCUT2D eigenvalue weighted by Crippen LogP contribution is -2.43. The fraction of sp³-hybridized carbons (Fsp3) is 0.556. The standard InChI is InChI=1S/C18H24ClN3O2/c1-18(2,3)24-17(23)22-14-6-4-5-13(10-14)21-16-8-7-12(11-20)9-15(16)19/h7-9,13-14,21H,4-6,10H2,1-3H3,(H,22,23)/t13-,14-/m0/s1. The Labute approximate surface area is 148 Å². The molecule has 1 aromatic carbocycles. The van der Waals surface area contributed by atoms with Crippen molar-refractivity contribution in [1.82, 2.24) is 5.32 Å². The van der Waals surface area contributed by atoms with Crippen LogP contribution in [0.1, 0.15) is 52.0 Å². The summed E-state index contributed by atoms with van der Waals surface area (Å²) in [6.45, 7) is 5.56. The number of hydrogen-bond donors (Lipinski definition) is 2. The van der Waals surface area contributed by atoms with Crippen molar-refractivity contribution in [2.75, 3.05) is 5.32 Å². The molecule has 0 radical (unpaired) electrons. The molecular weight excluding hydrogens is 326 g/mol. The van der Waals surface area contributed by atoms with E-state index >= 15 is 0 Å². The van der Waals surface area contributed by atoms with Crippen LogP contribution in [0.3, 0.4) is 0 Å². The number of rotatable bonds is 3. The number of amides is 1. The minimum absolute atomic E-state index is 0.0863. The fourth-order valence-corrected chi connectivity index (χ4v) is 3.08. The highest BCUT2D eigenvalue weighted by Gasteiger charge is 2.25. The summed E-state index contributed by atoms with van der Waals surface area (Å²) < 4.78 is 5.32. The lowest BCUT2D eigenvalue weighted by molar-refractivity contribution is 0.0492. The summed E-state index contributed by atoms with van der Waals surface area (Å²) in [6.07, 6.45) is 3.42. The fourth-order valence-electron chi connectivity index (χ4n) is 2.85. The first kappa shape index (κ1) is 18.4. The van der Waals surface area contributed by atoms with Crippen LogP contribution in [0.5, 0.6) is 0 Å². The molecule has 0 aromatic heterocycles. The Bertz CT molecular complexity index is 634. The van der Waals surface area contributed by atoms with Crippen LogP contribution < -0.4 is 10.6 Å². The molecule has 0 unspecified atom stereocenters. The van der Waals surface area contributed by atoms with Crippen LogP contribution >= 0.6 is 11.6 Å². The highest BCUT2D eigenvalue weighted by Crippen LogP contribution is 2.27. The van der Waals surface area contributed by atoms with Crippen molar-refractivity contribution in [3.63, 3.8) is 0 Å². The van der Waals surface area contributed by atoms with Crippen molar-refractivity contribution >= 4 is 23.4 Å². The lowest BCUT2D eigenvalue weighted by Gasteiger charge is -2.31. The zero-order valence-electron chi connectivity index (χ0n) is 14.4. The van der Waals surface area contributed by atoms with Gasteiger partial charge in [-0.05, 0) is 64.7 Å². The summed E-state index contributed by atoms with van der Waals surface area (Å²) in [6, 6.07) is 7.61. The Hall–Kier alpha value is -1.93. The summed E-state index contributed by atoms with van der Waals surface area (Å²) in [7, 11) is 0. The number of alkyl carbamates (subject to hydrolysis) is 1. The number of benzene rings is 1. The van der Waals surface area contributed by atoms with E-state index in [4.69, 9.17) is 21.6 Å². The maximum absolute atomic E-state index is 11.9. The molecule has 0 spiro atoms. The molecule has 1 saturated carbocycles. The average Bonchev–Trinajstić information content (AvgIpc) is 2.47. The molecule has 1 aromatic rings. The molecule has 1 aliphatic rings. The number of hydrogen-bond acceptors (Lipinski definition) is 4. The average molecular weight is 350 g/mol. The number of ether oxygens (including phenoxy) is 1. The van der Waals surface area contributed by atoms with Crippen LogP contribution in [0.15, 0.2) is 18.2 Å². The van der Waals surface area contributed by atoms with Gasteiger partial charge in [0.25, 0.3) is 0 Å². The number of anilines is 1. The van der Waals surface area contributed by atoms with Gasteiger partial charge in [0.1, 0.15) is 5.60 Å². The first-order valence-corrected chi connectivity index (χ1v) is 8.60. The summed E-state index contributed by atoms with van der Waals surface area (Å²) in [4.78, 5) is 11.9. The molecule has 1 fully saturated rings. The maximum Gasteiger partial charge on any atom is 0.407 e. The first-order valence-electron chi connectivity index (χ1n) is 8.22. The van der Waals surface area contributed by atoms with Crippen molar-refractivity contribution in [2.24, 2.45) is 0 Å². The minimum Gasteiger partial charge on any atom is -0.444 e. The lowest BCUT2D eigenvalue weighted by atomic mass is 9.91. The van der Waals surface area contributed by atoms with E-state index in [2.05, 4.69) is 16.7 Å². The van der Waals surface area contributed by atoms with Crippen LogP contribution in [-0.2, 0) is 4.74 Å². The van der Waals surface area contributed by atoms with Gasteiger partial charge in [-0.1, -0.05) is 11.6 Å². The van der Waals surface area contributed by atoms with E-state index in [0.717, 1.165) is 31.4 Å². The van der Waals surface area contributed by atoms with E-state index in [1.165, 1.54) is 0 Å². The van der Waals surface area contributed by atoms with Crippen molar-refractivity contribution in [3.05, 3.63) is 28.8 Å². The normalized spacial score (nSPS) is 20.8. The highest BCUT2D eigenvalue weighted by atomic mass is 35.5. The monoisotopic (exact) mass is 349 g/mol. The second-order valence-corrected chi connectivity index (χ2v) is 7.56. The number of halogens is 1. The third-order valence-corrected chi connectivity index (χ3v) is 4.17. The number of nitrogens with one attached hydrogen (secondary N) is 2. The zero-order chi connectivity index (χ0) is 17.7. The van der Waals surface area contributed by atoms with E-state index < -0.39 is 5.60 Å². The van der Waals surface area contributed by atoms with E-state index in [9.17, 15) is 4.79 Å². The van der Waals surface area contributed by atoms with Gasteiger partial charge in [-0.3, -0.25) is 0 Å². The summed E-state index contributed by atoms with van der Waals surface area (Å²) in [5, 5.41) is 15.8. The van der Waals surface area contributed by atoms with Crippen LogP contribution in [0.25, 0.3) is 0 Å². The van der Waals surface area contributed by atoms with Crippen LogP contribution in [0.4, 0.5) is 10.5 Å². The van der Waals surface area contributed by atoms with Crippen LogP contribution in [0, 0.1) is 11.3 Å². The Morgan fingerprint density at radius 2 is 2.04 bits per heavy atom. The summed E-state index contributed by atoms with van der Waals surface area (Å²) >= 11 is 6.22. The second-order valence-electron chi connectivity index (χ2n) is 7.16. The Balaban J connectivity index is 1.91. The van der Waals surface area contributed by atoms with Gasteiger partial charge in [0, 0.05) is 12.1 Å². The first-order chi connectivity index (χ1) is 11.3. The van der Waals surface area contributed by atoms with E-state index in [-0.39, 0.29) is 18.2 Å². The molecule has 5 nitrogen and oxygen atoms in total. The summed E-state index contributed by atoms with van der Waals surface area (Å²) in [5.41, 5.74) is 0.865. The van der Waals surface area contributed by atoms with Gasteiger partial charge in [-0.25, -0.2) is 4.79 Å². The molecular formula is C18H24ClN3O2. The molecule has 1 amide bonds. The quantitative estimate of drug-likeness (QED) is 0.844. The van der Waals surface area contributed by atoms with Gasteiger partial charge >= 0.3 is 6.09 Å². The highest BCUT2D eigenvalue weighted by molar-refractivity contribution is 6.33. The third-order valence-electron chi connectivity index (χ3n) is 3.85. The predicted octanol–water partition coefficient (Wildman–Crippen LogP) is 4.46. The number of nitrogens with zero attached hydrogens (tertiary/aromatic N) is 1. The smallest absolute Gasteiger partial charge is 0.407 e. The van der Waals surface area contributed by atoms with Crippen molar-refractivity contribution in [3.8, 4) is 6.07 Å². The van der Waals surface area contributed by atoms with E-state index in [1.54, 1.807) is 12.1 Å².